The fraction of sp³-hybridized carbons (Fsp3) is 1.00. The van der Waals surface area contributed by atoms with Gasteiger partial charge in [-0.2, -0.15) is 0 Å². The highest BCUT2D eigenvalue weighted by Crippen LogP contribution is 2.34. The van der Waals surface area contributed by atoms with Crippen molar-refractivity contribution in [2.24, 2.45) is 0 Å². The molecule has 0 spiro atoms. The molecule has 4 aliphatic rings. The normalized spacial score (nSPS) is 37.4. The summed E-state index contributed by atoms with van der Waals surface area (Å²) < 4.78 is 109. The van der Waals surface area contributed by atoms with Crippen LogP contribution in [-0.4, -0.2) is 179 Å². The molecular weight excluding hydrogens is 1170 g/mol. The molecule has 0 bridgehead atoms. The molecule has 0 radical (unpaired) electrons. The van der Waals surface area contributed by atoms with Crippen LogP contribution < -0.4 is 0 Å². The summed E-state index contributed by atoms with van der Waals surface area (Å²) in [5, 5.41) is 0. The van der Waals surface area contributed by atoms with Gasteiger partial charge >= 0.3 is 55.5 Å². The smallest absolute Gasteiger partial charge is 0.441 e. The first-order chi connectivity index (χ1) is 32.2. The van der Waals surface area contributed by atoms with Crippen LogP contribution in [0, 0.1) is 0 Å². The van der Waals surface area contributed by atoms with E-state index in [-0.39, 0.29) is 24.4 Å². The van der Waals surface area contributed by atoms with Crippen molar-refractivity contribution in [1.29, 1.82) is 0 Å². The monoisotopic (exact) mass is 1270 g/mol. The molecule has 0 N–H and O–H groups in total. The first-order valence-corrected chi connectivity index (χ1v) is 64.5. The third-order valence-corrected chi connectivity index (χ3v) is 67.9. The highest BCUT2D eigenvalue weighted by molar-refractivity contribution is 6.90. The van der Waals surface area contributed by atoms with E-state index in [0.29, 0.717) is 0 Å². The number of rotatable bonds is 20. The lowest BCUT2D eigenvalue weighted by molar-refractivity contribution is 0.150. The zero-order chi connectivity index (χ0) is 51.7. The zero-order valence-electron chi connectivity index (χ0n) is 47.0. The molecule has 69 heavy (non-hydrogen) atoms. The fourth-order valence-corrected chi connectivity index (χ4v) is 71.7. The van der Waals surface area contributed by atoms with Gasteiger partial charge in [-0.3, -0.25) is 0 Å². The molecule has 16 unspecified atom stereocenters. The molecule has 16 nitrogen and oxygen atoms in total. The molecule has 33 heteroatoms. The van der Waals surface area contributed by atoms with Crippen molar-refractivity contribution in [3.63, 3.8) is 0 Å². The van der Waals surface area contributed by atoms with Gasteiger partial charge in [0, 0.05) is 24.4 Å². The van der Waals surface area contributed by atoms with Crippen LogP contribution in [0.25, 0.3) is 0 Å². The molecule has 16 atom stereocenters. The van der Waals surface area contributed by atoms with E-state index in [9.17, 15) is 0 Å². The molecule has 4 saturated heterocycles. The van der Waals surface area contributed by atoms with E-state index >= 15 is 0 Å². The van der Waals surface area contributed by atoms with Crippen LogP contribution in [0.2, 0.25) is 164 Å². The molecule has 0 saturated carbocycles. The lowest BCUT2D eigenvalue weighted by Crippen LogP contribution is -2.64. The van der Waals surface area contributed by atoms with Crippen LogP contribution >= 0.6 is 0 Å². The van der Waals surface area contributed by atoms with Crippen LogP contribution in [0.3, 0.4) is 0 Å². The third-order valence-electron chi connectivity index (χ3n) is 12.3. The van der Waals surface area contributed by atoms with Crippen LogP contribution in [0.1, 0.15) is 41.5 Å². The summed E-state index contributed by atoms with van der Waals surface area (Å²) in [4.78, 5) is 0. The van der Waals surface area contributed by atoms with E-state index < -0.39 is 154 Å². The van der Waals surface area contributed by atoms with Crippen molar-refractivity contribution in [3.05, 3.63) is 0 Å². The van der Waals surface area contributed by atoms with Gasteiger partial charge in [0.25, 0.3) is 27.9 Å². The van der Waals surface area contributed by atoms with Gasteiger partial charge in [0.05, 0.1) is 0 Å². The minimum Gasteiger partial charge on any atom is -0.441 e. The molecule has 0 aromatic heterocycles. The van der Waals surface area contributed by atoms with E-state index in [0.717, 1.165) is 72.5 Å². The van der Waals surface area contributed by atoms with Crippen molar-refractivity contribution in [2.75, 3.05) is 0 Å². The SMILES string of the molecule is CC.CC1C[SiH](CC[Si](C)(C)O[Si](O[SiH2]CC[SiH]2O[SiH](C)CC(C)O[SiH](C)O2)(O[Si](C)(C)CC[SiH]2OC(C)C[SiH](C)O[SiH](C)O2)O[Si](C)(C)CC[SiH]2OC(C)C[SiH](C)O[SiH](C)O2)O[SiH](C)O[SiH](C)O1. The predicted molar refractivity (Wildman–Crippen MR) is 324 cm³/mol. The van der Waals surface area contributed by atoms with E-state index in [2.05, 4.69) is 119 Å². The molecule has 4 fully saturated rings. The Morgan fingerprint density at radius 3 is 1.28 bits per heavy atom. The fourth-order valence-electron chi connectivity index (χ4n) is 9.54. The van der Waals surface area contributed by atoms with Gasteiger partial charge in [-0.15, -0.1) is 0 Å². The summed E-state index contributed by atoms with van der Waals surface area (Å²) in [5.74, 6) is 0. The molecule has 0 aromatic carbocycles. The van der Waals surface area contributed by atoms with Crippen LogP contribution in [-0.2, 0) is 67.1 Å². The van der Waals surface area contributed by atoms with Crippen LogP contribution in [0.15, 0.2) is 0 Å². The third kappa shape index (κ3) is 27.5. The van der Waals surface area contributed by atoms with Crippen molar-refractivity contribution in [1.82, 2.24) is 0 Å². The minimum absolute atomic E-state index is 0.152. The maximum Gasteiger partial charge on any atom is 0.636 e. The molecule has 0 amide bonds. The van der Waals surface area contributed by atoms with E-state index in [1.165, 1.54) is 0 Å². The van der Waals surface area contributed by atoms with Gasteiger partial charge < -0.3 is 67.1 Å². The Labute approximate surface area is 448 Å². The van der Waals surface area contributed by atoms with Gasteiger partial charge in [-0.1, -0.05) is 13.8 Å². The first-order valence-electron chi connectivity index (χ1n) is 26.8. The summed E-state index contributed by atoms with van der Waals surface area (Å²) in [6, 6.07) is 11.3. The molecule has 0 aromatic rings. The summed E-state index contributed by atoms with van der Waals surface area (Å²) in [6.07, 6.45) is 0.674. The van der Waals surface area contributed by atoms with Crippen molar-refractivity contribution >= 4 is 154 Å². The Bertz CT molecular complexity index is 1250. The van der Waals surface area contributed by atoms with Gasteiger partial charge in [-0.05, 0) is 192 Å². The largest absolute Gasteiger partial charge is 0.636 e. The first kappa shape index (κ1) is 66.3. The quantitative estimate of drug-likeness (QED) is 0.117. The minimum atomic E-state index is -3.81. The second kappa shape index (κ2) is 32.2. The van der Waals surface area contributed by atoms with Gasteiger partial charge in [0.2, 0.25) is 0 Å². The lowest BCUT2D eigenvalue weighted by atomic mass is 10.5. The van der Waals surface area contributed by atoms with E-state index in [1.807, 2.05) is 13.8 Å². The van der Waals surface area contributed by atoms with Gasteiger partial charge in [-0.25, -0.2) is 0 Å². The molecule has 0 aliphatic carbocycles. The average Bonchev–Trinajstić information content (AvgIpc) is 3.17. The maximum atomic E-state index is 7.70. The van der Waals surface area contributed by atoms with Crippen molar-refractivity contribution in [3.8, 4) is 0 Å². The van der Waals surface area contributed by atoms with Crippen molar-refractivity contribution < 1.29 is 67.1 Å². The van der Waals surface area contributed by atoms with Crippen LogP contribution in [0.5, 0.6) is 0 Å². The van der Waals surface area contributed by atoms with E-state index in [1.54, 1.807) is 0 Å². The lowest BCUT2D eigenvalue weighted by Gasteiger charge is -2.44. The Morgan fingerprint density at radius 2 is 0.797 bits per heavy atom. The van der Waals surface area contributed by atoms with E-state index in [4.69, 9.17) is 67.1 Å². The highest BCUT2D eigenvalue weighted by atomic mass is 28.5. The molecule has 410 valence electrons. The second-order valence-electron chi connectivity index (χ2n) is 21.7. The second-order valence-corrected chi connectivity index (χ2v) is 67.8. The van der Waals surface area contributed by atoms with Crippen LogP contribution in [0.4, 0.5) is 0 Å². The molecule has 4 aliphatic heterocycles. The highest BCUT2D eigenvalue weighted by Gasteiger charge is 2.56. The Morgan fingerprint density at radius 1 is 0.420 bits per heavy atom. The predicted octanol–water partition coefficient (Wildman–Crippen LogP) is 5.14. The van der Waals surface area contributed by atoms with Gasteiger partial charge in [0.1, 0.15) is 0 Å². The average molecular weight is 1270 g/mol. The Hall–Kier alpha value is 3.05. The number of hydrogen-bond donors (Lipinski definition) is 0. The zero-order valence-corrected chi connectivity index (χ0v) is 66.2. The Kier molecular flexibility index (Phi) is 31.0. The topological polar surface area (TPSA) is 148 Å². The summed E-state index contributed by atoms with van der Waals surface area (Å²) >= 11 is 0. The standard InChI is InChI=1S/C34H96O16Si17.C2H6/c1-31-27-54(7)42-63(45-56(9)35-31)20-19-51-39-67(48-64(13,14)24-21-60-30-34(4)36-55(8)43-59(12)44-60,49-65(15,16)25-22-61-37-32(2)28-52(5)40-57(10)46-61)50-66(17,18)26-23-62-38-33(3)29-53(6)41-58(11)47-62;1-2/h31-34,52-63H,19-30,51H2,1-18H3;1-2H3. The van der Waals surface area contributed by atoms with Crippen molar-refractivity contribution in [2.45, 2.75) is 230 Å². The number of hydrogen-bond acceptors (Lipinski definition) is 16. The van der Waals surface area contributed by atoms with Gasteiger partial charge in [0.15, 0.2) is 70.9 Å². The molecule has 4 heterocycles. The molecular formula is C36H102O16Si17. The Balaban J connectivity index is 0.00000622. The maximum absolute atomic E-state index is 7.70. The summed E-state index contributed by atoms with van der Waals surface area (Å²) in [7, 11) is -32.9. The summed E-state index contributed by atoms with van der Waals surface area (Å²) in [6.45, 7) is 44.2. The summed E-state index contributed by atoms with van der Waals surface area (Å²) in [5.41, 5.74) is 0. The molecule has 4 rings (SSSR count).